The van der Waals surface area contributed by atoms with Crippen LogP contribution in [-0.4, -0.2) is 90.0 Å². The molecule has 6 aliphatic heterocycles. The minimum atomic E-state index is -1.56. The lowest BCUT2D eigenvalue weighted by Gasteiger charge is -2.37. The molecule has 386 valence electrons. The molecule has 2 aliphatic carbocycles. The number of hydrogen-bond donors (Lipinski definition) is 4. The first-order valence-corrected chi connectivity index (χ1v) is 25.8. The molecule has 4 atom stereocenters. The van der Waals surface area contributed by atoms with E-state index in [2.05, 4.69) is 5.32 Å². The Morgan fingerprint density at radius 1 is 0.689 bits per heavy atom. The second-order valence-corrected chi connectivity index (χ2v) is 20.3. The van der Waals surface area contributed by atoms with Gasteiger partial charge < -0.3 is 44.1 Å². The molecular weight excluding hydrogens is 955 g/mol. The fraction of sp³-hybridized carbons (Fsp3) is 0.446. The number of carbonyl (C=O) groups is 3. The Kier molecular flexibility index (Phi) is 12.0. The van der Waals surface area contributed by atoms with Gasteiger partial charge in [0.2, 0.25) is 5.91 Å². The lowest BCUT2D eigenvalue weighted by Crippen LogP contribution is -2.38. The third-order valence-corrected chi connectivity index (χ3v) is 17.0. The number of cyclic esters (lactones) is 2. The van der Waals surface area contributed by atoms with Crippen LogP contribution in [-0.2, 0) is 73.8 Å². The van der Waals surface area contributed by atoms with E-state index in [-0.39, 0.29) is 70.5 Å². The van der Waals surface area contributed by atoms with Gasteiger partial charge in [-0.25, -0.2) is 28.3 Å². The molecule has 2 unspecified atom stereocenters. The summed E-state index contributed by atoms with van der Waals surface area (Å²) in [5, 5.41) is 35.7. The number of amides is 1. The highest BCUT2D eigenvalue weighted by molar-refractivity contribution is 5.95. The van der Waals surface area contributed by atoms with Gasteiger partial charge in [0, 0.05) is 75.6 Å². The van der Waals surface area contributed by atoms with E-state index in [1.807, 2.05) is 34.6 Å². The van der Waals surface area contributed by atoms with Crippen molar-refractivity contribution in [2.24, 2.45) is 0 Å². The van der Waals surface area contributed by atoms with E-state index < -0.39 is 36.2 Å². The van der Waals surface area contributed by atoms with Crippen LogP contribution in [0.15, 0.2) is 33.9 Å². The van der Waals surface area contributed by atoms with Gasteiger partial charge in [0.25, 0.3) is 11.1 Å². The largest absolute Gasteiger partial charge is 0.458 e. The number of hydrogen-bond acceptors (Lipinski definition) is 13. The molecule has 0 saturated carbocycles. The van der Waals surface area contributed by atoms with E-state index in [9.17, 15) is 43.7 Å². The van der Waals surface area contributed by atoms with E-state index >= 15 is 4.39 Å². The molecule has 2 fully saturated rings. The highest BCUT2D eigenvalue weighted by Gasteiger charge is 2.49. The molecule has 4 aromatic heterocycles. The van der Waals surface area contributed by atoms with E-state index in [1.165, 1.54) is 17.7 Å². The minimum Gasteiger partial charge on any atom is -0.458 e. The average molecular weight is 1010 g/mol. The van der Waals surface area contributed by atoms with Gasteiger partial charge in [-0.1, -0.05) is 27.7 Å². The van der Waals surface area contributed by atoms with Crippen molar-refractivity contribution in [1.82, 2.24) is 29.3 Å². The number of likely N-dealkylation sites (tertiary alicyclic amines) is 1. The number of fused-ring (bicyclic) bond motifs is 12. The highest BCUT2D eigenvalue weighted by atomic mass is 19.1. The van der Waals surface area contributed by atoms with Gasteiger partial charge in [-0.15, -0.1) is 0 Å². The molecule has 14 rings (SSSR count). The van der Waals surface area contributed by atoms with Gasteiger partial charge in [0.05, 0.1) is 58.0 Å². The first kappa shape index (κ1) is 49.5. The Bertz CT molecular complexity index is 3600. The molecule has 18 heteroatoms. The van der Waals surface area contributed by atoms with Gasteiger partial charge in [0.1, 0.15) is 31.5 Å². The molecule has 4 N–H and O–H groups in total. The summed E-state index contributed by atoms with van der Waals surface area (Å²) < 4.78 is 43.1. The molecule has 2 aromatic carbocycles. The molecular formula is C56H58F2N6O10. The summed E-state index contributed by atoms with van der Waals surface area (Å²) in [6.45, 7) is 14.0. The number of ether oxygens (including phenoxy) is 2. The van der Waals surface area contributed by atoms with Crippen LogP contribution in [0.2, 0.25) is 0 Å². The van der Waals surface area contributed by atoms with Crippen molar-refractivity contribution < 1.29 is 48.0 Å². The molecule has 10 heterocycles. The number of benzene rings is 2. The Morgan fingerprint density at radius 3 is 1.62 bits per heavy atom. The molecule has 0 radical (unpaired) electrons. The van der Waals surface area contributed by atoms with E-state index in [1.54, 1.807) is 33.1 Å². The standard InChI is InChI=1S/C27H24FN3O6.C25H22FN3O4.2C2H6/c1-12-13-2-3-27(4-5-30(11-27)20(33)9-32)22-15-8-31-19(23(15)29-18(21(13)22)7-17(12)28)6-14-16(25(31)35)10-37-26(36)24(14)34;1-11-12-2-3-25(4-5-27-10-25)20-14-8-29-18(21(14)28-17(19(12)20)7-16(11)26)6-13-15(23(29)31)9-33-24(32)22(13)30;2*1-2/h6-7,24,32,34H,2-5,8-11H2,1H3;6-7,22,27,30H,2-5,8-10H2,1H3;2*1-2H3/t24-,27?;22-,25?;;/m00../s1. The zero-order valence-electron chi connectivity index (χ0n) is 42.3. The summed E-state index contributed by atoms with van der Waals surface area (Å²) in [5.41, 5.74) is 10.4. The fourth-order valence-corrected chi connectivity index (χ4v) is 13.4. The van der Waals surface area contributed by atoms with Crippen LogP contribution in [0.4, 0.5) is 8.78 Å². The first-order chi connectivity index (χ1) is 35.6. The topological polar surface area (TPSA) is 215 Å². The van der Waals surface area contributed by atoms with Crippen LogP contribution in [0.3, 0.4) is 0 Å². The monoisotopic (exact) mass is 1010 g/mol. The van der Waals surface area contributed by atoms with Crippen molar-refractivity contribution in [3.8, 4) is 22.8 Å². The summed E-state index contributed by atoms with van der Waals surface area (Å²) in [5.74, 6) is -2.51. The van der Waals surface area contributed by atoms with Crippen LogP contribution >= 0.6 is 0 Å². The van der Waals surface area contributed by atoms with Crippen molar-refractivity contribution >= 4 is 39.7 Å². The number of nitrogens with zero attached hydrogens (tertiary/aromatic N) is 5. The fourth-order valence-electron chi connectivity index (χ4n) is 13.4. The summed E-state index contributed by atoms with van der Waals surface area (Å²) in [4.78, 5) is 74.6. The number of esters is 2. The lowest BCUT2D eigenvalue weighted by atomic mass is 9.67. The SMILES string of the molecule is CC.CC.Cc1c(F)cc2nc3c(c4c2c1CCC41CCN(C(=O)CO)C1)Cn1c-3cc2c(c1=O)COC(=O)[C@H]2O.Cc1c(F)cc2nc3c(c4c2c1CCC41CCNC1)Cn1c-3cc2c(c1=O)COC(=O)[C@H]2O. The van der Waals surface area contributed by atoms with Crippen molar-refractivity contribution in [2.45, 2.75) is 129 Å². The number of aromatic nitrogens is 4. The predicted octanol–water partition coefficient (Wildman–Crippen LogP) is 5.56. The van der Waals surface area contributed by atoms with Crippen LogP contribution in [0, 0.1) is 25.5 Å². The van der Waals surface area contributed by atoms with Gasteiger partial charge in [-0.3, -0.25) is 14.4 Å². The van der Waals surface area contributed by atoms with Crippen LogP contribution in [0.1, 0.15) is 132 Å². The van der Waals surface area contributed by atoms with Gasteiger partial charge >= 0.3 is 11.9 Å². The number of halogens is 2. The Morgan fingerprint density at radius 2 is 1.16 bits per heavy atom. The van der Waals surface area contributed by atoms with Crippen LogP contribution in [0.5, 0.6) is 0 Å². The van der Waals surface area contributed by atoms with Crippen molar-refractivity contribution in [1.29, 1.82) is 0 Å². The summed E-state index contributed by atoms with van der Waals surface area (Å²) >= 11 is 0. The maximum absolute atomic E-state index is 15.0. The molecule has 8 aliphatic rings. The highest BCUT2D eigenvalue weighted by Crippen LogP contribution is 2.53. The van der Waals surface area contributed by atoms with Crippen LogP contribution < -0.4 is 16.4 Å². The quantitative estimate of drug-likeness (QED) is 0.148. The lowest BCUT2D eigenvalue weighted by molar-refractivity contribution is -0.158. The first-order valence-electron chi connectivity index (χ1n) is 25.8. The molecule has 2 saturated heterocycles. The minimum absolute atomic E-state index is 0.0770. The number of aliphatic hydroxyl groups excluding tert-OH is 3. The van der Waals surface area contributed by atoms with Crippen LogP contribution in [0.25, 0.3) is 44.6 Å². The van der Waals surface area contributed by atoms with Gasteiger partial charge in [0.15, 0.2) is 12.2 Å². The number of pyridine rings is 4. The zero-order chi connectivity index (χ0) is 52.4. The number of aryl methyl sites for hydroxylation is 2. The number of aliphatic hydroxyl groups is 3. The second kappa shape index (κ2) is 18.0. The third-order valence-electron chi connectivity index (χ3n) is 17.0. The Balaban J connectivity index is 0.000000150. The number of carbonyl (C=O) groups excluding carboxylic acids is 3. The molecule has 6 aromatic rings. The van der Waals surface area contributed by atoms with E-state index in [0.29, 0.717) is 89.4 Å². The van der Waals surface area contributed by atoms with Gasteiger partial charge in [-0.05, 0) is 104 Å². The molecule has 74 heavy (non-hydrogen) atoms. The Hall–Kier alpha value is -6.73. The molecule has 2 spiro atoms. The third kappa shape index (κ3) is 6.93. The molecule has 1 amide bonds. The van der Waals surface area contributed by atoms with Crippen molar-refractivity contribution in [3.63, 3.8) is 0 Å². The number of rotatable bonds is 1. The Labute approximate surface area is 424 Å². The second-order valence-electron chi connectivity index (χ2n) is 20.3. The summed E-state index contributed by atoms with van der Waals surface area (Å²) in [6, 6.07) is 6.24. The average Bonchev–Trinajstić information content (AvgIpc) is 4.23. The van der Waals surface area contributed by atoms with Gasteiger partial charge in [-0.2, -0.15) is 0 Å². The van der Waals surface area contributed by atoms with Crippen molar-refractivity contribution in [2.75, 3.05) is 32.8 Å². The smallest absolute Gasteiger partial charge is 0.340 e. The van der Waals surface area contributed by atoms with Crippen molar-refractivity contribution in [3.05, 3.63) is 123 Å². The summed E-state index contributed by atoms with van der Waals surface area (Å²) in [6.07, 6.45) is 1.69. The maximum Gasteiger partial charge on any atom is 0.340 e. The predicted molar refractivity (Wildman–Crippen MR) is 268 cm³/mol. The molecule has 0 bridgehead atoms. The zero-order valence-corrected chi connectivity index (χ0v) is 42.3. The normalized spacial score (nSPS) is 22.8. The summed E-state index contributed by atoms with van der Waals surface area (Å²) in [7, 11) is 0. The van der Waals surface area contributed by atoms with E-state index in [0.717, 1.165) is 70.9 Å². The maximum atomic E-state index is 15.0. The molecule has 16 nitrogen and oxygen atoms in total. The number of nitrogens with one attached hydrogen (secondary N) is 1. The van der Waals surface area contributed by atoms with E-state index in [4.69, 9.17) is 19.4 Å².